The summed E-state index contributed by atoms with van der Waals surface area (Å²) in [6.07, 6.45) is 0. The maximum absolute atomic E-state index is 5.41. The maximum Gasteiger partial charge on any atom is 0.122 e. The van der Waals surface area contributed by atoms with Crippen LogP contribution in [-0.2, 0) is 0 Å². The van der Waals surface area contributed by atoms with Gasteiger partial charge in [-0.05, 0) is 18.6 Å². The molecule has 0 fully saturated rings. The lowest BCUT2D eigenvalue weighted by Gasteiger charge is -2.05. The number of ether oxygens (including phenoxy) is 1. The van der Waals surface area contributed by atoms with Crippen molar-refractivity contribution in [1.29, 1.82) is 0 Å². The van der Waals surface area contributed by atoms with Gasteiger partial charge in [0.25, 0.3) is 0 Å². The molecule has 0 unspecified atom stereocenters. The van der Waals surface area contributed by atoms with Crippen LogP contribution in [0.1, 0.15) is 5.56 Å². The fourth-order valence-corrected chi connectivity index (χ4v) is 0.965. The van der Waals surface area contributed by atoms with Gasteiger partial charge in [-0.15, -0.1) is 0 Å². The van der Waals surface area contributed by atoms with Crippen molar-refractivity contribution in [1.82, 2.24) is 0 Å². The Morgan fingerprint density at radius 3 is 2.73 bits per heavy atom. The molecule has 0 N–H and O–H groups in total. The molecule has 0 saturated carbocycles. The normalized spacial score (nSPS) is 9.64. The van der Waals surface area contributed by atoms with E-state index in [-0.39, 0.29) is 0 Å². The Labute approximate surface area is 72.8 Å². The lowest BCUT2D eigenvalue weighted by molar-refractivity contribution is 0.342. The van der Waals surface area contributed by atoms with Gasteiger partial charge in [-0.1, -0.05) is 18.2 Å². The Morgan fingerprint density at radius 2 is 2.09 bits per heavy atom. The largest absolute Gasteiger partial charge is 0.492 e. The minimum absolute atomic E-state index is 0.675. The molecule has 60 valence electrons. The summed E-state index contributed by atoms with van der Waals surface area (Å²) >= 11 is 4.06. The molecular formula is C9H12OS. The fourth-order valence-electron chi connectivity index (χ4n) is 0.874. The standard InChI is InChI=1S/C9H12OS/c1-8-4-2-3-5-9(8)10-6-7-11/h2-5,11H,6-7H2,1H3. The number of hydrogen-bond acceptors (Lipinski definition) is 2. The molecule has 0 heterocycles. The van der Waals surface area contributed by atoms with Crippen LogP contribution in [0.15, 0.2) is 24.3 Å². The minimum atomic E-state index is 0.675. The summed E-state index contributed by atoms with van der Waals surface area (Å²) in [4.78, 5) is 0. The monoisotopic (exact) mass is 168 g/mol. The molecular weight excluding hydrogens is 156 g/mol. The highest BCUT2D eigenvalue weighted by Gasteiger charge is 1.94. The van der Waals surface area contributed by atoms with E-state index in [1.807, 2.05) is 31.2 Å². The zero-order chi connectivity index (χ0) is 8.10. The summed E-state index contributed by atoms with van der Waals surface area (Å²) in [7, 11) is 0. The summed E-state index contributed by atoms with van der Waals surface area (Å²) in [5, 5.41) is 0. The van der Waals surface area contributed by atoms with Crippen molar-refractivity contribution in [3.05, 3.63) is 29.8 Å². The Morgan fingerprint density at radius 1 is 1.36 bits per heavy atom. The molecule has 0 saturated heterocycles. The SMILES string of the molecule is Cc1ccccc1OCCS. The molecule has 0 aromatic heterocycles. The summed E-state index contributed by atoms with van der Waals surface area (Å²) in [6, 6.07) is 7.98. The highest BCUT2D eigenvalue weighted by molar-refractivity contribution is 7.80. The van der Waals surface area contributed by atoms with Crippen molar-refractivity contribution < 1.29 is 4.74 Å². The third kappa shape index (κ3) is 2.46. The third-order valence-corrected chi connectivity index (χ3v) is 1.63. The number of benzene rings is 1. The molecule has 0 spiro atoms. The second-order valence-corrected chi connectivity index (χ2v) is 2.78. The molecule has 0 aliphatic carbocycles. The van der Waals surface area contributed by atoms with Crippen LogP contribution in [0.3, 0.4) is 0 Å². The molecule has 0 bridgehead atoms. The van der Waals surface area contributed by atoms with E-state index in [2.05, 4.69) is 12.6 Å². The van der Waals surface area contributed by atoms with Crippen LogP contribution in [-0.4, -0.2) is 12.4 Å². The van der Waals surface area contributed by atoms with E-state index in [9.17, 15) is 0 Å². The molecule has 0 aliphatic heterocycles. The highest BCUT2D eigenvalue weighted by Crippen LogP contribution is 2.15. The van der Waals surface area contributed by atoms with Gasteiger partial charge in [0.15, 0.2) is 0 Å². The molecule has 2 heteroatoms. The number of aryl methyl sites for hydroxylation is 1. The zero-order valence-electron chi connectivity index (χ0n) is 6.58. The first-order valence-corrected chi connectivity index (χ1v) is 4.27. The Kier molecular flexibility index (Phi) is 3.30. The first-order valence-electron chi connectivity index (χ1n) is 3.64. The van der Waals surface area contributed by atoms with Crippen molar-refractivity contribution in [2.75, 3.05) is 12.4 Å². The summed E-state index contributed by atoms with van der Waals surface area (Å²) in [5.74, 6) is 1.72. The van der Waals surface area contributed by atoms with Gasteiger partial charge in [0.05, 0.1) is 6.61 Å². The number of thiol groups is 1. The second-order valence-electron chi connectivity index (χ2n) is 2.34. The molecule has 1 aromatic rings. The lowest BCUT2D eigenvalue weighted by atomic mass is 10.2. The first-order chi connectivity index (χ1) is 5.34. The van der Waals surface area contributed by atoms with E-state index in [0.717, 1.165) is 11.5 Å². The van der Waals surface area contributed by atoms with Crippen molar-refractivity contribution >= 4 is 12.6 Å². The number of rotatable bonds is 3. The highest BCUT2D eigenvalue weighted by atomic mass is 32.1. The average Bonchev–Trinajstić information content (AvgIpc) is 2.03. The molecule has 11 heavy (non-hydrogen) atoms. The molecule has 1 aromatic carbocycles. The van der Waals surface area contributed by atoms with Crippen molar-refractivity contribution in [3.8, 4) is 5.75 Å². The van der Waals surface area contributed by atoms with E-state index >= 15 is 0 Å². The summed E-state index contributed by atoms with van der Waals surface area (Å²) < 4.78 is 5.41. The summed E-state index contributed by atoms with van der Waals surface area (Å²) in [6.45, 7) is 2.71. The molecule has 0 aliphatic rings. The van der Waals surface area contributed by atoms with Gasteiger partial charge in [-0.3, -0.25) is 0 Å². The van der Waals surface area contributed by atoms with E-state index in [4.69, 9.17) is 4.74 Å². The zero-order valence-corrected chi connectivity index (χ0v) is 7.47. The van der Waals surface area contributed by atoms with Gasteiger partial charge in [-0.2, -0.15) is 12.6 Å². The van der Waals surface area contributed by atoms with Crippen LogP contribution >= 0.6 is 12.6 Å². The predicted molar refractivity (Wildman–Crippen MR) is 50.5 cm³/mol. The fraction of sp³-hybridized carbons (Fsp3) is 0.333. The quantitative estimate of drug-likeness (QED) is 0.681. The smallest absolute Gasteiger partial charge is 0.122 e. The number of para-hydroxylation sites is 1. The maximum atomic E-state index is 5.41. The molecule has 0 atom stereocenters. The van der Waals surface area contributed by atoms with Crippen LogP contribution in [0.25, 0.3) is 0 Å². The van der Waals surface area contributed by atoms with Gasteiger partial charge >= 0.3 is 0 Å². The van der Waals surface area contributed by atoms with Crippen LogP contribution < -0.4 is 4.74 Å². The van der Waals surface area contributed by atoms with Gasteiger partial charge in [0.2, 0.25) is 0 Å². The predicted octanol–water partition coefficient (Wildman–Crippen LogP) is 2.30. The van der Waals surface area contributed by atoms with Crippen LogP contribution in [0.2, 0.25) is 0 Å². The molecule has 1 rings (SSSR count). The lowest BCUT2D eigenvalue weighted by Crippen LogP contribution is -1.98. The van der Waals surface area contributed by atoms with Gasteiger partial charge < -0.3 is 4.74 Å². The van der Waals surface area contributed by atoms with Crippen molar-refractivity contribution in [3.63, 3.8) is 0 Å². The van der Waals surface area contributed by atoms with E-state index in [1.54, 1.807) is 0 Å². The van der Waals surface area contributed by atoms with E-state index < -0.39 is 0 Å². The van der Waals surface area contributed by atoms with Gasteiger partial charge in [0.1, 0.15) is 5.75 Å². The second kappa shape index (κ2) is 4.29. The van der Waals surface area contributed by atoms with Crippen LogP contribution in [0.5, 0.6) is 5.75 Å². The number of hydrogen-bond donors (Lipinski definition) is 1. The molecule has 0 radical (unpaired) electrons. The Hall–Kier alpha value is -0.630. The summed E-state index contributed by atoms with van der Waals surface area (Å²) in [5.41, 5.74) is 1.18. The Balaban J connectivity index is 2.62. The van der Waals surface area contributed by atoms with Crippen LogP contribution in [0.4, 0.5) is 0 Å². The van der Waals surface area contributed by atoms with E-state index in [0.29, 0.717) is 6.61 Å². The third-order valence-electron chi connectivity index (χ3n) is 1.44. The topological polar surface area (TPSA) is 9.23 Å². The average molecular weight is 168 g/mol. The molecule has 0 amide bonds. The first kappa shape index (κ1) is 8.47. The van der Waals surface area contributed by atoms with Crippen molar-refractivity contribution in [2.24, 2.45) is 0 Å². The van der Waals surface area contributed by atoms with Crippen LogP contribution in [0, 0.1) is 6.92 Å². The Bertz CT molecular complexity index is 223. The minimum Gasteiger partial charge on any atom is -0.492 e. The molecule has 1 nitrogen and oxygen atoms in total. The van der Waals surface area contributed by atoms with E-state index in [1.165, 1.54) is 5.56 Å². The van der Waals surface area contributed by atoms with Gasteiger partial charge in [0, 0.05) is 5.75 Å². The van der Waals surface area contributed by atoms with Crippen molar-refractivity contribution in [2.45, 2.75) is 6.92 Å². The van der Waals surface area contributed by atoms with Gasteiger partial charge in [-0.25, -0.2) is 0 Å².